The maximum absolute atomic E-state index is 8.37. The lowest BCUT2D eigenvalue weighted by atomic mass is 10.2. The number of hydrogen-bond acceptors (Lipinski definition) is 3. The number of benzene rings is 1. The molecule has 1 heterocycles. The van der Waals surface area contributed by atoms with Crippen LogP contribution in [0.5, 0.6) is 5.75 Å². The molecule has 0 N–H and O–H groups in total. The summed E-state index contributed by atoms with van der Waals surface area (Å²) < 4.78 is 7.16. The molecule has 0 fully saturated rings. The van der Waals surface area contributed by atoms with Crippen LogP contribution in [0.4, 0.5) is 0 Å². The Morgan fingerprint density at radius 2 is 2.12 bits per heavy atom. The van der Waals surface area contributed by atoms with Gasteiger partial charge in [0.1, 0.15) is 11.8 Å². The van der Waals surface area contributed by atoms with Gasteiger partial charge < -0.3 is 9.30 Å². The van der Waals surface area contributed by atoms with E-state index in [1.165, 1.54) is 5.56 Å². The van der Waals surface area contributed by atoms with Crippen molar-refractivity contribution in [2.45, 2.75) is 6.54 Å². The molecular formula is C12H11N3O. The van der Waals surface area contributed by atoms with Gasteiger partial charge in [-0.3, -0.25) is 0 Å². The molecular weight excluding hydrogens is 202 g/mol. The Morgan fingerprint density at radius 3 is 2.75 bits per heavy atom. The minimum atomic E-state index is 0.0842. The van der Waals surface area contributed by atoms with Gasteiger partial charge in [0.25, 0.3) is 0 Å². The van der Waals surface area contributed by atoms with Crippen molar-refractivity contribution in [1.29, 1.82) is 5.26 Å². The lowest BCUT2D eigenvalue weighted by Crippen LogP contribution is -1.97. The highest BCUT2D eigenvalue weighted by atomic mass is 16.5. The minimum Gasteiger partial charge on any atom is -0.479 e. The van der Waals surface area contributed by atoms with Crippen LogP contribution in [0.25, 0.3) is 0 Å². The molecule has 2 aromatic rings. The summed E-state index contributed by atoms with van der Waals surface area (Å²) in [6.07, 6.45) is 5.45. The Labute approximate surface area is 93.7 Å². The van der Waals surface area contributed by atoms with Crippen LogP contribution in [-0.4, -0.2) is 16.2 Å². The second kappa shape index (κ2) is 4.99. The van der Waals surface area contributed by atoms with Crippen molar-refractivity contribution < 1.29 is 4.74 Å². The summed E-state index contributed by atoms with van der Waals surface area (Å²) in [5, 5.41) is 8.37. The maximum Gasteiger partial charge on any atom is 0.174 e. The second-order valence-corrected chi connectivity index (χ2v) is 3.33. The minimum absolute atomic E-state index is 0.0842. The van der Waals surface area contributed by atoms with E-state index in [0.29, 0.717) is 0 Å². The Bertz CT molecular complexity index is 468. The third-order valence-electron chi connectivity index (χ3n) is 2.15. The van der Waals surface area contributed by atoms with Gasteiger partial charge in [0.15, 0.2) is 6.61 Å². The van der Waals surface area contributed by atoms with Crippen LogP contribution >= 0.6 is 0 Å². The highest BCUT2D eigenvalue weighted by Gasteiger charge is 1.96. The van der Waals surface area contributed by atoms with Crippen molar-refractivity contribution >= 4 is 0 Å². The van der Waals surface area contributed by atoms with Gasteiger partial charge in [0.2, 0.25) is 0 Å². The van der Waals surface area contributed by atoms with E-state index in [4.69, 9.17) is 10.00 Å². The van der Waals surface area contributed by atoms with Gasteiger partial charge in [-0.05, 0) is 17.7 Å². The zero-order chi connectivity index (χ0) is 11.2. The first kappa shape index (κ1) is 10.2. The van der Waals surface area contributed by atoms with E-state index in [0.717, 1.165) is 12.3 Å². The molecule has 0 saturated heterocycles. The number of hydrogen-bond donors (Lipinski definition) is 0. The predicted molar refractivity (Wildman–Crippen MR) is 58.9 cm³/mol. The molecule has 0 aliphatic heterocycles. The topological polar surface area (TPSA) is 50.8 Å². The van der Waals surface area contributed by atoms with Gasteiger partial charge in [0.05, 0.1) is 6.33 Å². The van der Waals surface area contributed by atoms with Gasteiger partial charge in [-0.2, -0.15) is 5.26 Å². The molecule has 16 heavy (non-hydrogen) atoms. The van der Waals surface area contributed by atoms with Gasteiger partial charge in [0, 0.05) is 18.9 Å². The second-order valence-electron chi connectivity index (χ2n) is 3.33. The number of imidazole rings is 1. The van der Waals surface area contributed by atoms with Crippen LogP contribution in [0, 0.1) is 11.3 Å². The van der Waals surface area contributed by atoms with E-state index in [1.807, 2.05) is 41.1 Å². The van der Waals surface area contributed by atoms with Gasteiger partial charge in [-0.15, -0.1) is 0 Å². The molecule has 0 saturated carbocycles. The number of rotatable bonds is 4. The molecule has 0 spiro atoms. The molecule has 80 valence electrons. The average molecular weight is 213 g/mol. The molecule has 0 aliphatic rings. The monoisotopic (exact) mass is 213 g/mol. The molecule has 0 bridgehead atoms. The average Bonchev–Trinajstić information content (AvgIpc) is 2.81. The van der Waals surface area contributed by atoms with Gasteiger partial charge in [-0.25, -0.2) is 4.98 Å². The van der Waals surface area contributed by atoms with Crippen LogP contribution < -0.4 is 4.74 Å². The first-order valence-corrected chi connectivity index (χ1v) is 4.93. The number of ether oxygens (including phenoxy) is 1. The van der Waals surface area contributed by atoms with E-state index >= 15 is 0 Å². The first-order valence-electron chi connectivity index (χ1n) is 4.93. The van der Waals surface area contributed by atoms with Crippen molar-refractivity contribution in [3.63, 3.8) is 0 Å². The summed E-state index contributed by atoms with van der Waals surface area (Å²) in [5.41, 5.74) is 1.17. The Balaban J connectivity index is 2.00. The van der Waals surface area contributed by atoms with Gasteiger partial charge in [-0.1, -0.05) is 12.1 Å². The quantitative estimate of drug-likeness (QED) is 0.778. The summed E-state index contributed by atoms with van der Waals surface area (Å²) in [4.78, 5) is 3.98. The van der Waals surface area contributed by atoms with Crippen molar-refractivity contribution in [1.82, 2.24) is 9.55 Å². The number of nitrogens with zero attached hydrogens (tertiary/aromatic N) is 3. The smallest absolute Gasteiger partial charge is 0.174 e. The third kappa shape index (κ3) is 2.61. The lowest BCUT2D eigenvalue weighted by molar-refractivity contribution is 0.368. The summed E-state index contributed by atoms with van der Waals surface area (Å²) >= 11 is 0. The SMILES string of the molecule is N#CCOc1ccc(Cn2ccnc2)cc1. The molecule has 4 heteroatoms. The Hall–Kier alpha value is -2.28. The normalized spacial score (nSPS) is 9.69. The van der Waals surface area contributed by atoms with Crippen molar-refractivity contribution in [3.05, 3.63) is 48.5 Å². The summed E-state index contributed by atoms with van der Waals surface area (Å²) in [6.45, 7) is 0.874. The molecule has 2 rings (SSSR count). The molecule has 0 unspecified atom stereocenters. The van der Waals surface area contributed by atoms with E-state index in [9.17, 15) is 0 Å². The summed E-state index contributed by atoms with van der Waals surface area (Å²) in [7, 11) is 0. The fourth-order valence-electron chi connectivity index (χ4n) is 1.40. The molecule has 1 aromatic carbocycles. The van der Waals surface area contributed by atoms with Crippen LogP contribution in [0.2, 0.25) is 0 Å². The van der Waals surface area contributed by atoms with E-state index < -0.39 is 0 Å². The zero-order valence-corrected chi connectivity index (χ0v) is 8.71. The Morgan fingerprint density at radius 1 is 1.31 bits per heavy atom. The lowest BCUT2D eigenvalue weighted by Gasteiger charge is -2.04. The largest absolute Gasteiger partial charge is 0.479 e. The fourth-order valence-corrected chi connectivity index (χ4v) is 1.40. The molecule has 4 nitrogen and oxygen atoms in total. The van der Waals surface area contributed by atoms with E-state index in [1.54, 1.807) is 12.5 Å². The molecule has 0 amide bonds. The van der Waals surface area contributed by atoms with E-state index in [2.05, 4.69) is 4.98 Å². The predicted octanol–water partition coefficient (Wildman–Crippen LogP) is 1.83. The number of aromatic nitrogens is 2. The molecule has 0 atom stereocenters. The molecule has 0 radical (unpaired) electrons. The van der Waals surface area contributed by atoms with Crippen molar-refractivity contribution in [2.75, 3.05) is 6.61 Å². The highest BCUT2D eigenvalue weighted by Crippen LogP contribution is 2.12. The fraction of sp³-hybridized carbons (Fsp3) is 0.167. The van der Waals surface area contributed by atoms with Crippen molar-refractivity contribution in [3.8, 4) is 11.8 Å². The van der Waals surface area contributed by atoms with Crippen LogP contribution in [0.15, 0.2) is 43.0 Å². The maximum atomic E-state index is 8.37. The van der Waals surface area contributed by atoms with Crippen LogP contribution in [0.1, 0.15) is 5.56 Å². The standard InChI is InChI=1S/C12H11N3O/c13-5-8-16-12-3-1-11(2-4-12)9-15-7-6-14-10-15/h1-4,6-7,10H,8-9H2. The Kier molecular flexibility index (Phi) is 3.19. The zero-order valence-electron chi connectivity index (χ0n) is 8.71. The van der Waals surface area contributed by atoms with Crippen molar-refractivity contribution in [2.24, 2.45) is 0 Å². The van der Waals surface area contributed by atoms with Gasteiger partial charge >= 0.3 is 0 Å². The first-order chi connectivity index (χ1) is 7.88. The molecule has 1 aromatic heterocycles. The number of nitriles is 1. The highest BCUT2D eigenvalue weighted by molar-refractivity contribution is 5.27. The van der Waals surface area contributed by atoms with E-state index in [-0.39, 0.29) is 6.61 Å². The molecule has 0 aliphatic carbocycles. The summed E-state index contributed by atoms with van der Waals surface area (Å²) in [6, 6.07) is 9.62. The van der Waals surface area contributed by atoms with Crippen LogP contribution in [0.3, 0.4) is 0 Å². The van der Waals surface area contributed by atoms with Crippen LogP contribution in [-0.2, 0) is 6.54 Å². The third-order valence-corrected chi connectivity index (χ3v) is 2.15. The summed E-state index contributed by atoms with van der Waals surface area (Å²) in [5.74, 6) is 0.718.